The first-order chi connectivity index (χ1) is 19.1. The lowest BCUT2D eigenvalue weighted by atomic mass is 9.68. The van der Waals surface area contributed by atoms with Crippen molar-refractivity contribution in [3.05, 3.63) is 58.1 Å². The van der Waals surface area contributed by atoms with Crippen LogP contribution in [-0.2, 0) is 21.9 Å². The second-order valence-electron chi connectivity index (χ2n) is 12.4. The van der Waals surface area contributed by atoms with Gasteiger partial charge in [0, 0.05) is 29.1 Å². The smallest absolute Gasteiger partial charge is 0.264 e. The molecule has 2 aliphatic heterocycles. The highest BCUT2D eigenvalue weighted by Gasteiger charge is 2.44. The minimum Gasteiger partial charge on any atom is -0.490 e. The molecule has 0 saturated heterocycles. The van der Waals surface area contributed by atoms with Crippen molar-refractivity contribution >= 4 is 33.2 Å². The number of nitrogens with one attached hydrogen (secondary N) is 1. The average molecular weight is 587 g/mol. The molecule has 0 aromatic heterocycles. The molecule has 0 unspecified atom stereocenters. The minimum atomic E-state index is -3.83. The number of amides is 1. The van der Waals surface area contributed by atoms with Crippen LogP contribution >= 0.6 is 11.6 Å². The van der Waals surface area contributed by atoms with Gasteiger partial charge in [-0.2, -0.15) is 0 Å². The number of aliphatic hydroxyl groups is 1. The van der Waals surface area contributed by atoms with Gasteiger partial charge in [0.15, 0.2) is 0 Å². The summed E-state index contributed by atoms with van der Waals surface area (Å²) in [5, 5.41) is 11.1. The zero-order valence-electron chi connectivity index (χ0n) is 23.1. The lowest BCUT2D eigenvalue weighted by molar-refractivity contribution is 0.00904. The van der Waals surface area contributed by atoms with Crippen LogP contribution in [0.2, 0.25) is 5.02 Å². The molecule has 2 aromatic rings. The molecule has 2 bridgehead atoms. The molecule has 1 spiro atoms. The Hall–Kier alpha value is -2.29. The molecule has 2 aromatic carbocycles. The number of carbonyl (C=O) groups excluding carboxylic acids is 1. The number of sulfonamides is 1. The molecule has 1 amide bonds. The summed E-state index contributed by atoms with van der Waals surface area (Å²) in [7, 11) is -3.83. The van der Waals surface area contributed by atoms with E-state index >= 15 is 0 Å². The van der Waals surface area contributed by atoms with Crippen LogP contribution in [0, 0.1) is 11.8 Å². The van der Waals surface area contributed by atoms with Gasteiger partial charge in [0.25, 0.3) is 5.91 Å². The summed E-state index contributed by atoms with van der Waals surface area (Å²) in [6, 6.07) is 11.4. The first-order valence-electron chi connectivity index (χ1n) is 14.7. The van der Waals surface area contributed by atoms with Crippen LogP contribution in [0.5, 0.6) is 5.75 Å². The molecule has 40 heavy (non-hydrogen) atoms. The van der Waals surface area contributed by atoms with Gasteiger partial charge in [-0.05, 0) is 105 Å². The fourth-order valence-electron chi connectivity index (χ4n) is 7.31. The SMILES string of the molecule is C[C@@H]1CCCC[C@H](O)[C@@H]2CC[C@H]2CN2C[C@@]3(CCCc4cc(Cl)ccc43)COc3ccc(cc32)C(=O)NS1(=O)=O. The van der Waals surface area contributed by atoms with Crippen molar-refractivity contribution < 1.29 is 23.1 Å². The predicted molar refractivity (Wildman–Crippen MR) is 157 cm³/mol. The molecular weight excluding hydrogens is 548 g/mol. The summed E-state index contributed by atoms with van der Waals surface area (Å²) in [6.45, 7) is 3.62. The normalized spacial score (nSPS) is 32.1. The molecule has 216 valence electrons. The zero-order valence-corrected chi connectivity index (χ0v) is 24.6. The molecule has 7 nitrogen and oxygen atoms in total. The molecule has 2 aliphatic carbocycles. The maximum atomic E-state index is 13.2. The summed E-state index contributed by atoms with van der Waals surface area (Å²) in [5.41, 5.74) is 3.40. The Balaban J connectivity index is 1.41. The highest BCUT2D eigenvalue weighted by molar-refractivity contribution is 7.90. The number of anilines is 1. The maximum Gasteiger partial charge on any atom is 0.264 e. The van der Waals surface area contributed by atoms with Gasteiger partial charge in [-0.3, -0.25) is 4.79 Å². The highest BCUT2D eigenvalue weighted by Crippen LogP contribution is 2.47. The summed E-state index contributed by atoms with van der Waals surface area (Å²) in [6.07, 6.45) is 7.25. The summed E-state index contributed by atoms with van der Waals surface area (Å²) in [5.74, 6) is 0.649. The van der Waals surface area contributed by atoms with E-state index in [9.17, 15) is 18.3 Å². The average Bonchev–Trinajstić information content (AvgIpc) is 3.05. The van der Waals surface area contributed by atoms with E-state index in [0.717, 1.165) is 55.8 Å². The Bertz CT molecular complexity index is 1400. The third-order valence-corrected chi connectivity index (χ3v) is 11.9. The van der Waals surface area contributed by atoms with E-state index in [1.54, 1.807) is 25.1 Å². The number of benzene rings is 2. The summed E-state index contributed by atoms with van der Waals surface area (Å²) >= 11 is 6.37. The van der Waals surface area contributed by atoms with Crippen LogP contribution in [0.3, 0.4) is 0 Å². The van der Waals surface area contributed by atoms with Gasteiger partial charge in [0.1, 0.15) is 5.75 Å². The fourth-order valence-corrected chi connectivity index (χ4v) is 8.56. The van der Waals surface area contributed by atoms with Crippen molar-refractivity contribution in [3.63, 3.8) is 0 Å². The van der Waals surface area contributed by atoms with Crippen molar-refractivity contribution in [1.82, 2.24) is 4.72 Å². The Morgan fingerprint density at radius 1 is 1.07 bits per heavy atom. The van der Waals surface area contributed by atoms with Crippen molar-refractivity contribution in [1.29, 1.82) is 0 Å². The number of ether oxygens (including phenoxy) is 1. The van der Waals surface area contributed by atoms with Crippen molar-refractivity contribution in [2.45, 2.75) is 81.5 Å². The van der Waals surface area contributed by atoms with Gasteiger partial charge in [-0.15, -0.1) is 0 Å². The number of rotatable bonds is 0. The number of hydrogen-bond acceptors (Lipinski definition) is 6. The molecule has 1 fully saturated rings. The quantitative estimate of drug-likeness (QED) is 0.439. The van der Waals surface area contributed by atoms with Crippen LogP contribution in [0.1, 0.15) is 79.8 Å². The monoisotopic (exact) mass is 586 g/mol. The number of hydrogen-bond donors (Lipinski definition) is 2. The number of aliphatic hydroxyl groups excluding tert-OH is 1. The number of halogens is 1. The topological polar surface area (TPSA) is 95.9 Å². The van der Waals surface area contributed by atoms with Gasteiger partial charge < -0.3 is 14.7 Å². The summed E-state index contributed by atoms with van der Waals surface area (Å²) < 4.78 is 34.7. The predicted octanol–water partition coefficient (Wildman–Crippen LogP) is 5.22. The molecule has 2 heterocycles. The Kier molecular flexibility index (Phi) is 7.55. The fraction of sp³-hybridized carbons (Fsp3) is 0.581. The lowest BCUT2D eigenvalue weighted by Gasteiger charge is -2.45. The molecule has 0 radical (unpaired) electrons. The van der Waals surface area contributed by atoms with Gasteiger partial charge in [-0.25, -0.2) is 13.1 Å². The standard InChI is InChI=1S/C31H39ClN2O5S/c1-20-5-2-3-7-28(35)25-11-8-23(25)17-34-18-31(14-4-6-21-15-24(32)10-12-26(21)31)19-39-29-13-9-22(16-27(29)34)30(36)33-40(20,37)38/h9-10,12-13,15-16,20,23,25,28,35H,2-8,11,14,17-19H2,1H3,(H,33,36)/t20-,23+,25-,28+,31+/m1/s1. The third-order valence-electron chi connectivity index (χ3n) is 9.85. The van der Waals surface area contributed by atoms with Crippen molar-refractivity contribution in [2.75, 3.05) is 24.6 Å². The van der Waals surface area contributed by atoms with E-state index in [0.29, 0.717) is 49.6 Å². The Labute approximate surface area is 242 Å². The second-order valence-corrected chi connectivity index (χ2v) is 15.0. The molecular formula is C31H39ClN2O5S. The Morgan fingerprint density at radius 2 is 1.90 bits per heavy atom. The van der Waals surface area contributed by atoms with Gasteiger partial charge in [0.05, 0.1) is 23.6 Å². The van der Waals surface area contributed by atoms with E-state index in [4.69, 9.17) is 16.3 Å². The van der Waals surface area contributed by atoms with E-state index in [2.05, 4.69) is 21.8 Å². The molecule has 4 aliphatic rings. The van der Waals surface area contributed by atoms with Crippen LogP contribution in [0.25, 0.3) is 0 Å². The van der Waals surface area contributed by atoms with Crippen LogP contribution in [-0.4, -0.2) is 50.5 Å². The number of fused-ring (bicyclic) bond motifs is 4. The third kappa shape index (κ3) is 5.23. The first-order valence-corrected chi connectivity index (χ1v) is 16.6. The second kappa shape index (κ2) is 10.8. The number of nitrogens with zero attached hydrogens (tertiary/aromatic N) is 1. The maximum absolute atomic E-state index is 13.2. The minimum absolute atomic E-state index is 0.224. The molecule has 2 N–H and O–H groups in total. The van der Waals surface area contributed by atoms with Crippen LogP contribution in [0.15, 0.2) is 36.4 Å². The largest absolute Gasteiger partial charge is 0.490 e. The zero-order chi connectivity index (χ0) is 28.1. The summed E-state index contributed by atoms with van der Waals surface area (Å²) in [4.78, 5) is 15.6. The molecule has 5 atom stereocenters. The van der Waals surface area contributed by atoms with Gasteiger partial charge in [0.2, 0.25) is 10.0 Å². The lowest BCUT2D eigenvalue weighted by Crippen LogP contribution is -2.49. The van der Waals surface area contributed by atoms with E-state index in [-0.39, 0.29) is 17.4 Å². The van der Waals surface area contributed by atoms with E-state index < -0.39 is 21.2 Å². The van der Waals surface area contributed by atoms with E-state index in [1.807, 2.05) is 6.07 Å². The molecule has 6 rings (SSSR count). The molecule has 1 saturated carbocycles. The van der Waals surface area contributed by atoms with Crippen molar-refractivity contribution in [2.24, 2.45) is 11.8 Å². The first kappa shape index (κ1) is 27.9. The number of carbonyl (C=O) groups is 1. The van der Waals surface area contributed by atoms with Gasteiger partial charge >= 0.3 is 0 Å². The van der Waals surface area contributed by atoms with Crippen LogP contribution in [0.4, 0.5) is 5.69 Å². The van der Waals surface area contributed by atoms with E-state index in [1.165, 1.54) is 11.1 Å². The highest BCUT2D eigenvalue weighted by atomic mass is 35.5. The number of aryl methyl sites for hydroxylation is 1. The Morgan fingerprint density at radius 3 is 2.70 bits per heavy atom. The van der Waals surface area contributed by atoms with Crippen LogP contribution < -0.4 is 14.4 Å². The molecule has 9 heteroatoms. The van der Waals surface area contributed by atoms with Gasteiger partial charge in [-0.1, -0.05) is 30.5 Å². The van der Waals surface area contributed by atoms with Crippen molar-refractivity contribution in [3.8, 4) is 5.75 Å².